The number of aromatic nitrogens is 2. The molecule has 1 N–H and O–H groups in total. The topological polar surface area (TPSA) is 46.9 Å². The summed E-state index contributed by atoms with van der Waals surface area (Å²) in [5.41, 5.74) is 3.79. The second kappa shape index (κ2) is 5.91. The Balaban J connectivity index is 1.69. The Kier molecular flexibility index (Phi) is 3.58. The van der Waals surface area contributed by atoms with Gasteiger partial charge < -0.3 is 9.88 Å². The van der Waals surface area contributed by atoms with E-state index in [1.54, 1.807) is 6.20 Å². The van der Waals surface area contributed by atoms with E-state index in [0.717, 1.165) is 27.4 Å². The van der Waals surface area contributed by atoms with Crippen LogP contribution < -0.4 is 5.32 Å². The van der Waals surface area contributed by atoms with Crippen LogP contribution in [0.4, 0.5) is 5.69 Å². The molecule has 0 bridgehead atoms. The van der Waals surface area contributed by atoms with Gasteiger partial charge in [-0.15, -0.1) is 0 Å². The lowest BCUT2D eigenvalue weighted by atomic mass is 10.1. The first-order chi connectivity index (χ1) is 12.1. The van der Waals surface area contributed by atoms with Gasteiger partial charge in [0.2, 0.25) is 0 Å². The molecule has 122 valence electrons. The summed E-state index contributed by atoms with van der Waals surface area (Å²) in [4.78, 5) is 17.1. The lowest BCUT2D eigenvalue weighted by Crippen LogP contribution is -2.13. The fourth-order valence-corrected chi connectivity index (χ4v) is 3.11. The van der Waals surface area contributed by atoms with Gasteiger partial charge in [-0.05, 0) is 18.2 Å². The van der Waals surface area contributed by atoms with Crippen LogP contribution in [-0.4, -0.2) is 15.5 Å². The van der Waals surface area contributed by atoms with E-state index in [9.17, 15) is 4.79 Å². The van der Waals surface area contributed by atoms with Crippen LogP contribution in [0.2, 0.25) is 0 Å². The molecule has 0 fully saturated rings. The van der Waals surface area contributed by atoms with Gasteiger partial charge in [0.25, 0.3) is 5.91 Å². The Morgan fingerprint density at radius 2 is 1.88 bits per heavy atom. The zero-order chi connectivity index (χ0) is 17.4. The van der Waals surface area contributed by atoms with Gasteiger partial charge in [0.05, 0.1) is 11.2 Å². The summed E-state index contributed by atoms with van der Waals surface area (Å²) in [6.07, 6.45) is 3.66. The van der Waals surface area contributed by atoms with Gasteiger partial charge in [0.15, 0.2) is 0 Å². The van der Waals surface area contributed by atoms with E-state index in [0.29, 0.717) is 11.3 Å². The Labute approximate surface area is 145 Å². The summed E-state index contributed by atoms with van der Waals surface area (Å²) in [5.74, 6) is -0.227. The molecule has 0 aliphatic carbocycles. The van der Waals surface area contributed by atoms with Crippen LogP contribution in [0.3, 0.4) is 0 Å². The van der Waals surface area contributed by atoms with Crippen LogP contribution in [0.25, 0.3) is 27.4 Å². The summed E-state index contributed by atoms with van der Waals surface area (Å²) in [6, 6.07) is 17.5. The van der Waals surface area contributed by atoms with Crippen molar-refractivity contribution in [1.82, 2.24) is 9.55 Å². The third kappa shape index (κ3) is 2.58. The largest absolute Gasteiger partial charge is 0.350 e. The lowest BCUT2D eigenvalue weighted by Gasteiger charge is -2.09. The molecular formula is C21H17N3O. The number of rotatable bonds is 3. The number of nitrogens with one attached hydrogen (secondary N) is 1. The van der Waals surface area contributed by atoms with Gasteiger partial charge in [-0.25, -0.2) is 0 Å². The molecule has 25 heavy (non-hydrogen) atoms. The number of pyridine rings is 1. The molecule has 0 aliphatic heterocycles. The van der Waals surface area contributed by atoms with Crippen molar-refractivity contribution in [3.8, 4) is 0 Å². The molecule has 0 atom stereocenters. The zero-order valence-corrected chi connectivity index (χ0v) is 13.9. The molecular weight excluding hydrogens is 310 g/mol. The fourth-order valence-electron chi connectivity index (χ4n) is 3.11. The van der Waals surface area contributed by atoms with Gasteiger partial charge in [-0.1, -0.05) is 43.0 Å². The number of anilines is 1. The highest BCUT2D eigenvalue weighted by Crippen LogP contribution is 2.27. The predicted molar refractivity (Wildman–Crippen MR) is 102 cm³/mol. The molecule has 0 unspecified atom stereocenters. The first-order valence-corrected chi connectivity index (χ1v) is 8.03. The maximum Gasteiger partial charge on any atom is 0.255 e. The monoisotopic (exact) mass is 327 g/mol. The van der Waals surface area contributed by atoms with Gasteiger partial charge in [-0.2, -0.15) is 0 Å². The van der Waals surface area contributed by atoms with Gasteiger partial charge in [0, 0.05) is 46.9 Å². The van der Waals surface area contributed by atoms with Crippen LogP contribution >= 0.6 is 0 Å². The molecule has 2 aromatic heterocycles. The number of nitrogens with zero attached hydrogens (tertiary/aromatic N) is 2. The number of aryl methyl sites for hydroxylation is 1. The van der Waals surface area contributed by atoms with Crippen molar-refractivity contribution in [3.63, 3.8) is 0 Å². The molecule has 0 spiro atoms. The van der Waals surface area contributed by atoms with Crippen molar-refractivity contribution in [3.05, 3.63) is 79.1 Å². The summed E-state index contributed by atoms with van der Waals surface area (Å²) >= 11 is 0. The molecule has 2 heterocycles. The molecule has 4 aromatic rings. The smallest absolute Gasteiger partial charge is 0.255 e. The number of fused-ring (bicyclic) bond motifs is 2. The highest BCUT2D eigenvalue weighted by atomic mass is 16.1. The van der Waals surface area contributed by atoms with Crippen LogP contribution in [-0.2, 0) is 11.8 Å². The van der Waals surface area contributed by atoms with E-state index < -0.39 is 0 Å². The van der Waals surface area contributed by atoms with Crippen molar-refractivity contribution in [1.29, 1.82) is 0 Å². The van der Waals surface area contributed by atoms with E-state index in [1.165, 1.54) is 0 Å². The number of hydrogen-bond acceptors (Lipinski definition) is 2. The molecule has 2 aromatic carbocycles. The Morgan fingerprint density at radius 3 is 2.76 bits per heavy atom. The molecule has 4 heteroatoms. The van der Waals surface area contributed by atoms with Crippen LogP contribution in [0.15, 0.2) is 73.6 Å². The number of para-hydroxylation sites is 2. The number of hydrogen-bond donors (Lipinski definition) is 1. The minimum atomic E-state index is -0.227. The highest BCUT2D eigenvalue weighted by molar-refractivity contribution is 6.28. The molecule has 0 aliphatic rings. The van der Waals surface area contributed by atoms with Crippen molar-refractivity contribution in [2.24, 2.45) is 7.05 Å². The second-order valence-corrected chi connectivity index (χ2v) is 5.98. The van der Waals surface area contributed by atoms with Crippen LogP contribution in [0, 0.1) is 0 Å². The van der Waals surface area contributed by atoms with Crippen molar-refractivity contribution < 1.29 is 4.79 Å². The van der Waals surface area contributed by atoms with E-state index >= 15 is 0 Å². The average Bonchev–Trinajstić information content (AvgIpc) is 2.98. The number of carbonyl (C=O) groups excluding carboxylic acids is 1. The number of amides is 1. The molecule has 4 rings (SSSR count). The lowest BCUT2D eigenvalue weighted by molar-refractivity contribution is -0.111. The van der Waals surface area contributed by atoms with Crippen molar-refractivity contribution in [2.45, 2.75) is 0 Å². The van der Waals surface area contributed by atoms with Crippen LogP contribution in [0.5, 0.6) is 0 Å². The standard InChI is InChI=1S/C21H17N3O/c1-14(17-13-24(2)19-11-4-3-9-16(17)19)21(25)23-18-10-5-7-15-8-6-12-22-20(15)18/h3-13H,1H2,2H3,(H,23,25). The SMILES string of the molecule is C=C(C(=O)Nc1cccc2cccnc12)c1cn(C)c2ccccc12. The summed E-state index contributed by atoms with van der Waals surface area (Å²) in [7, 11) is 1.96. The predicted octanol–water partition coefficient (Wildman–Crippen LogP) is 4.38. The third-order valence-corrected chi connectivity index (χ3v) is 4.38. The maximum atomic E-state index is 12.8. The first-order valence-electron chi connectivity index (χ1n) is 8.03. The van der Waals surface area contributed by atoms with E-state index in [4.69, 9.17) is 0 Å². The van der Waals surface area contributed by atoms with Gasteiger partial charge in [-0.3, -0.25) is 9.78 Å². The maximum absolute atomic E-state index is 12.8. The molecule has 4 nitrogen and oxygen atoms in total. The van der Waals surface area contributed by atoms with E-state index in [2.05, 4.69) is 16.9 Å². The quantitative estimate of drug-likeness (QED) is 0.568. The molecule has 0 saturated heterocycles. The Bertz CT molecular complexity index is 1120. The number of carbonyl (C=O) groups is 1. The average molecular weight is 327 g/mol. The highest BCUT2D eigenvalue weighted by Gasteiger charge is 2.16. The minimum Gasteiger partial charge on any atom is -0.350 e. The normalized spacial score (nSPS) is 10.9. The van der Waals surface area contributed by atoms with E-state index in [-0.39, 0.29) is 5.91 Å². The summed E-state index contributed by atoms with van der Waals surface area (Å²) < 4.78 is 2.00. The molecule has 0 radical (unpaired) electrons. The Hall–Kier alpha value is -3.40. The summed E-state index contributed by atoms with van der Waals surface area (Å²) in [6.45, 7) is 4.02. The van der Waals surface area contributed by atoms with Gasteiger partial charge in [0.1, 0.15) is 0 Å². The molecule has 0 saturated carbocycles. The minimum absolute atomic E-state index is 0.227. The second-order valence-electron chi connectivity index (χ2n) is 5.98. The summed E-state index contributed by atoms with van der Waals surface area (Å²) in [5, 5.41) is 4.94. The number of benzene rings is 2. The fraction of sp³-hybridized carbons (Fsp3) is 0.0476. The van der Waals surface area contributed by atoms with Gasteiger partial charge >= 0.3 is 0 Å². The van der Waals surface area contributed by atoms with Crippen molar-refractivity contribution in [2.75, 3.05) is 5.32 Å². The Morgan fingerprint density at radius 1 is 1.08 bits per heavy atom. The third-order valence-electron chi connectivity index (χ3n) is 4.38. The van der Waals surface area contributed by atoms with Crippen molar-refractivity contribution >= 4 is 39.0 Å². The van der Waals surface area contributed by atoms with Crippen LogP contribution in [0.1, 0.15) is 5.56 Å². The van der Waals surface area contributed by atoms with E-state index in [1.807, 2.05) is 72.4 Å². The molecule has 1 amide bonds. The first kappa shape index (κ1) is 15.1. The zero-order valence-electron chi connectivity index (χ0n) is 13.9.